The Morgan fingerprint density at radius 3 is 2.62 bits per heavy atom. The monoisotopic (exact) mass is 285 g/mol. The first kappa shape index (κ1) is 13.5. The average molecular weight is 285 g/mol. The molecular formula is C15H15N3O3. The van der Waals surface area contributed by atoms with Crippen molar-refractivity contribution >= 4 is 22.7 Å². The van der Waals surface area contributed by atoms with Gasteiger partial charge in [-0.15, -0.1) is 0 Å². The molecule has 3 N–H and O–H groups in total. The number of hydrazine groups is 1. The molecule has 21 heavy (non-hydrogen) atoms. The van der Waals surface area contributed by atoms with E-state index in [4.69, 9.17) is 0 Å². The molecule has 0 spiro atoms. The van der Waals surface area contributed by atoms with E-state index in [0.717, 1.165) is 21.9 Å². The molecule has 1 aliphatic heterocycles. The Labute approximate surface area is 121 Å². The molecule has 1 unspecified atom stereocenters. The molecule has 1 saturated heterocycles. The number of hydrogen-bond acceptors (Lipinski definition) is 4. The molecular weight excluding hydrogens is 270 g/mol. The van der Waals surface area contributed by atoms with Crippen molar-refractivity contribution in [3.05, 3.63) is 47.5 Å². The average Bonchev–Trinajstić information content (AvgIpc) is 2.48. The minimum atomic E-state index is -1.42. The smallest absolute Gasteiger partial charge is 0.338 e. The summed E-state index contributed by atoms with van der Waals surface area (Å²) in [6.07, 6.45) is -1.42. The van der Waals surface area contributed by atoms with Crippen molar-refractivity contribution in [2.75, 3.05) is 0 Å². The van der Waals surface area contributed by atoms with E-state index in [1.165, 1.54) is 5.01 Å². The van der Waals surface area contributed by atoms with E-state index in [0.29, 0.717) is 0 Å². The fourth-order valence-corrected chi connectivity index (χ4v) is 2.44. The second-order valence-corrected chi connectivity index (χ2v) is 5.00. The first-order chi connectivity index (χ1) is 10.1. The van der Waals surface area contributed by atoms with Crippen molar-refractivity contribution in [3.8, 4) is 0 Å². The predicted octanol–water partition coefficient (Wildman–Crippen LogP) is 1.02. The molecule has 1 aliphatic rings. The number of urea groups is 1. The summed E-state index contributed by atoms with van der Waals surface area (Å²) in [7, 11) is 0. The first-order valence-electron chi connectivity index (χ1n) is 6.60. The third kappa shape index (κ3) is 2.46. The summed E-state index contributed by atoms with van der Waals surface area (Å²) < 4.78 is 0. The Bertz CT molecular complexity index is 729. The van der Waals surface area contributed by atoms with Gasteiger partial charge < -0.3 is 5.11 Å². The lowest BCUT2D eigenvalue weighted by molar-refractivity contribution is -0.135. The molecule has 1 atom stereocenters. The van der Waals surface area contributed by atoms with Crippen LogP contribution in [0.5, 0.6) is 0 Å². The van der Waals surface area contributed by atoms with Crippen LogP contribution in [0.4, 0.5) is 4.79 Å². The second kappa shape index (κ2) is 5.16. The van der Waals surface area contributed by atoms with E-state index in [2.05, 4.69) is 10.7 Å². The molecule has 108 valence electrons. The molecule has 0 bridgehead atoms. The van der Waals surface area contributed by atoms with E-state index >= 15 is 0 Å². The highest BCUT2D eigenvalue weighted by Gasteiger charge is 2.30. The maximum Gasteiger partial charge on any atom is 0.338 e. The Hall–Kier alpha value is -2.44. The van der Waals surface area contributed by atoms with Crippen LogP contribution in [0, 0.1) is 6.92 Å². The van der Waals surface area contributed by atoms with Gasteiger partial charge in [-0.3, -0.25) is 15.1 Å². The Kier molecular flexibility index (Phi) is 3.32. The summed E-state index contributed by atoms with van der Waals surface area (Å²) in [6, 6.07) is 11.3. The maximum absolute atomic E-state index is 11.8. The van der Waals surface area contributed by atoms with Gasteiger partial charge in [0.2, 0.25) is 6.23 Å². The summed E-state index contributed by atoms with van der Waals surface area (Å²) in [5.74, 6) is -0.745. The summed E-state index contributed by atoms with van der Waals surface area (Å²) >= 11 is 0. The van der Waals surface area contributed by atoms with E-state index in [1.807, 2.05) is 43.3 Å². The Balaban J connectivity index is 1.94. The number of benzene rings is 2. The summed E-state index contributed by atoms with van der Waals surface area (Å²) in [5, 5.41) is 14.9. The topological polar surface area (TPSA) is 81.7 Å². The van der Waals surface area contributed by atoms with E-state index in [-0.39, 0.29) is 6.54 Å². The zero-order chi connectivity index (χ0) is 15.0. The molecule has 3 amide bonds. The van der Waals surface area contributed by atoms with Gasteiger partial charge in [0.05, 0.1) is 6.54 Å². The molecule has 0 radical (unpaired) electrons. The third-order valence-corrected chi connectivity index (χ3v) is 3.56. The van der Waals surface area contributed by atoms with E-state index < -0.39 is 18.2 Å². The zero-order valence-electron chi connectivity index (χ0n) is 11.5. The lowest BCUT2D eigenvalue weighted by Gasteiger charge is -2.30. The minimum Gasteiger partial charge on any atom is -0.369 e. The number of rotatable bonds is 2. The van der Waals surface area contributed by atoms with Crippen LogP contribution in [0.15, 0.2) is 36.4 Å². The number of aliphatic hydroxyl groups excluding tert-OH is 1. The fourth-order valence-electron chi connectivity index (χ4n) is 2.44. The number of imide groups is 1. The Morgan fingerprint density at radius 1 is 1.14 bits per heavy atom. The normalized spacial score (nSPS) is 19.0. The van der Waals surface area contributed by atoms with E-state index in [1.54, 1.807) is 0 Å². The van der Waals surface area contributed by atoms with Crippen LogP contribution in [0.2, 0.25) is 0 Å². The second-order valence-electron chi connectivity index (χ2n) is 5.00. The number of amides is 3. The number of aliphatic hydroxyl groups is 1. The molecule has 3 rings (SSSR count). The maximum atomic E-state index is 11.8. The van der Waals surface area contributed by atoms with Gasteiger partial charge in [-0.05, 0) is 28.8 Å². The highest BCUT2D eigenvalue weighted by atomic mass is 16.3. The molecule has 0 aromatic heterocycles. The Morgan fingerprint density at radius 2 is 1.86 bits per heavy atom. The van der Waals surface area contributed by atoms with Gasteiger partial charge in [0.15, 0.2) is 0 Å². The van der Waals surface area contributed by atoms with Gasteiger partial charge in [0.1, 0.15) is 0 Å². The van der Waals surface area contributed by atoms with Crippen LogP contribution in [-0.2, 0) is 11.3 Å². The standard InChI is InChI=1S/C15H15N3O3/c1-9-6-7-10(12-5-3-2-4-11(9)12)8-18-15(21)16-13(19)14(20)17-18/h2-7,14,17,20H,8H2,1H3,(H,16,19,21). The molecule has 6 nitrogen and oxygen atoms in total. The largest absolute Gasteiger partial charge is 0.369 e. The summed E-state index contributed by atoms with van der Waals surface area (Å²) in [5.41, 5.74) is 4.56. The van der Waals surface area contributed by atoms with Gasteiger partial charge in [-0.1, -0.05) is 36.4 Å². The number of fused-ring (bicyclic) bond motifs is 1. The van der Waals surface area contributed by atoms with Crippen LogP contribution in [-0.4, -0.2) is 28.3 Å². The van der Waals surface area contributed by atoms with Gasteiger partial charge in [-0.2, -0.15) is 5.43 Å². The van der Waals surface area contributed by atoms with Crippen LogP contribution in [0.3, 0.4) is 0 Å². The van der Waals surface area contributed by atoms with Crippen molar-refractivity contribution in [1.82, 2.24) is 15.8 Å². The summed E-state index contributed by atoms with van der Waals surface area (Å²) in [6.45, 7) is 2.28. The minimum absolute atomic E-state index is 0.247. The zero-order valence-corrected chi connectivity index (χ0v) is 11.5. The molecule has 0 aliphatic carbocycles. The van der Waals surface area contributed by atoms with E-state index in [9.17, 15) is 14.7 Å². The van der Waals surface area contributed by atoms with Gasteiger partial charge in [0, 0.05) is 0 Å². The molecule has 2 aromatic rings. The summed E-state index contributed by atoms with van der Waals surface area (Å²) in [4.78, 5) is 23.0. The van der Waals surface area contributed by atoms with Crippen molar-refractivity contribution in [2.45, 2.75) is 19.7 Å². The van der Waals surface area contributed by atoms with Crippen LogP contribution in [0.1, 0.15) is 11.1 Å². The first-order valence-corrected chi connectivity index (χ1v) is 6.60. The number of carbonyl (C=O) groups excluding carboxylic acids is 2. The number of nitrogens with zero attached hydrogens (tertiary/aromatic N) is 1. The predicted molar refractivity (Wildman–Crippen MR) is 76.9 cm³/mol. The van der Waals surface area contributed by atoms with Crippen LogP contribution >= 0.6 is 0 Å². The van der Waals surface area contributed by atoms with Crippen molar-refractivity contribution in [2.24, 2.45) is 0 Å². The number of carbonyl (C=O) groups is 2. The molecule has 1 heterocycles. The van der Waals surface area contributed by atoms with Crippen molar-refractivity contribution < 1.29 is 14.7 Å². The highest BCUT2D eigenvalue weighted by molar-refractivity contribution is 5.98. The third-order valence-electron chi connectivity index (χ3n) is 3.56. The lowest BCUT2D eigenvalue weighted by atomic mass is 10.0. The molecule has 0 saturated carbocycles. The van der Waals surface area contributed by atoms with Gasteiger partial charge in [0.25, 0.3) is 5.91 Å². The molecule has 2 aromatic carbocycles. The lowest BCUT2D eigenvalue weighted by Crippen LogP contribution is -2.63. The van der Waals surface area contributed by atoms with Gasteiger partial charge >= 0.3 is 6.03 Å². The quantitative estimate of drug-likeness (QED) is 0.769. The van der Waals surface area contributed by atoms with Crippen LogP contribution in [0.25, 0.3) is 10.8 Å². The van der Waals surface area contributed by atoms with Gasteiger partial charge in [-0.25, -0.2) is 4.79 Å². The molecule has 1 fully saturated rings. The SMILES string of the molecule is Cc1ccc(CN2NC(O)C(=O)NC2=O)c2ccccc12. The number of hydrogen-bond donors (Lipinski definition) is 3. The highest BCUT2D eigenvalue weighted by Crippen LogP contribution is 2.23. The number of nitrogens with one attached hydrogen (secondary N) is 2. The fraction of sp³-hybridized carbons (Fsp3) is 0.200. The van der Waals surface area contributed by atoms with Crippen LogP contribution < -0.4 is 10.7 Å². The number of aryl methyl sites for hydroxylation is 1. The molecule has 6 heteroatoms. The van der Waals surface area contributed by atoms with Crippen molar-refractivity contribution in [3.63, 3.8) is 0 Å². The van der Waals surface area contributed by atoms with Crippen molar-refractivity contribution in [1.29, 1.82) is 0 Å².